The normalized spacial score (nSPS) is 18.4. The number of anilines is 2. The molecule has 7 nitrogen and oxygen atoms in total. The smallest absolute Gasteiger partial charge is 0.132 e. The van der Waals surface area contributed by atoms with Crippen LogP contribution in [0.1, 0.15) is 32.4 Å². The average molecular weight is 355 g/mol. The van der Waals surface area contributed by atoms with Crippen LogP contribution in [0.15, 0.2) is 30.6 Å². The van der Waals surface area contributed by atoms with Crippen molar-refractivity contribution in [2.45, 2.75) is 25.4 Å². The van der Waals surface area contributed by atoms with Crippen LogP contribution < -0.4 is 15.4 Å². The zero-order valence-electron chi connectivity index (χ0n) is 14.9. The number of hydrogen-bond donors (Lipinski definition) is 2. The summed E-state index contributed by atoms with van der Waals surface area (Å²) in [6.07, 6.45) is 3.61. The molecular formula is C19H25N5O2. The second-order valence-electron chi connectivity index (χ2n) is 7.04. The first-order chi connectivity index (χ1) is 12.5. The van der Waals surface area contributed by atoms with Gasteiger partial charge in [-0.3, -0.25) is 5.41 Å². The van der Waals surface area contributed by atoms with Crippen LogP contribution >= 0.6 is 0 Å². The van der Waals surface area contributed by atoms with Gasteiger partial charge in [-0.15, -0.1) is 0 Å². The molecule has 2 aromatic rings. The van der Waals surface area contributed by atoms with E-state index in [0.717, 1.165) is 37.5 Å². The average Bonchev–Trinajstić information content (AvgIpc) is 3.40. The van der Waals surface area contributed by atoms with E-state index in [4.69, 9.17) is 20.6 Å². The molecule has 1 aliphatic heterocycles. The zero-order valence-corrected chi connectivity index (χ0v) is 14.9. The Labute approximate surface area is 154 Å². The van der Waals surface area contributed by atoms with Crippen molar-refractivity contribution in [3.05, 3.63) is 41.9 Å². The van der Waals surface area contributed by atoms with E-state index in [0.29, 0.717) is 30.2 Å². The van der Waals surface area contributed by atoms with Crippen LogP contribution in [0, 0.1) is 5.41 Å². The first kappa shape index (κ1) is 16.8. The van der Waals surface area contributed by atoms with Crippen molar-refractivity contribution in [2.75, 3.05) is 36.9 Å². The van der Waals surface area contributed by atoms with Crippen LogP contribution in [-0.2, 0) is 4.74 Å². The van der Waals surface area contributed by atoms with Crippen molar-refractivity contribution in [3.8, 4) is 5.75 Å². The molecule has 1 aromatic carbocycles. The molecule has 3 N–H and O–H groups in total. The molecule has 4 rings (SSSR count). The van der Waals surface area contributed by atoms with Crippen molar-refractivity contribution in [2.24, 2.45) is 0 Å². The third-order valence-electron chi connectivity index (χ3n) is 4.86. The van der Waals surface area contributed by atoms with Gasteiger partial charge in [0.15, 0.2) is 0 Å². The fraction of sp³-hybridized carbons (Fsp3) is 0.421. The predicted molar refractivity (Wildman–Crippen MR) is 102 cm³/mol. The maximum atomic E-state index is 8.60. The maximum absolute atomic E-state index is 8.60. The van der Waals surface area contributed by atoms with Crippen molar-refractivity contribution in [1.82, 2.24) is 9.97 Å². The number of nitrogens with zero attached hydrogens (tertiary/aromatic N) is 3. The standard InChI is InChI=1S/C19H23N5O2.H2/c1-19(4-5-19)26-13-2-3-15(20)14(10-13)18(21)16-11-17(23-12-22-16)24-6-8-25-9-7-24;/h2-3,10-12,21H,4-9,20H2,1H3;1H. The van der Waals surface area contributed by atoms with Crippen LogP contribution in [0.5, 0.6) is 5.75 Å². The Kier molecular flexibility index (Phi) is 4.24. The highest BCUT2D eigenvalue weighted by atomic mass is 16.5. The molecule has 1 aliphatic carbocycles. The quantitative estimate of drug-likeness (QED) is 0.632. The number of morpholine rings is 1. The molecule has 1 saturated carbocycles. The molecule has 0 atom stereocenters. The summed E-state index contributed by atoms with van der Waals surface area (Å²) in [4.78, 5) is 10.8. The van der Waals surface area contributed by atoms with Gasteiger partial charge < -0.3 is 20.1 Å². The molecule has 0 radical (unpaired) electrons. The highest BCUT2D eigenvalue weighted by molar-refractivity contribution is 6.13. The highest BCUT2D eigenvalue weighted by Gasteiger charge is 2.40. The molecule has 1 aromatic heterocycles. The highest BCUT2D eigenvalue weighted by Crippen LogP contribution is 2.40. The Morgan fingerprint density at radius 2 is 2.04 bits per heavy atom. The molecule has 0 spiro atoms. The number of hydrogen-bond acceptors (Lipinski definition) is 7. The summed E-state index contributed by atoms with van der Waals surface area (Å²) in [5, 5.41) is 8.60. The molecule has 0 unspecified atom stereocenters. The molecule has 7 heteroatoms. The van der Waals surface area contributed by atoms with Gasteiger partial charge in [0, 0.05) is 31.8 Å². The molecule has 2 fully saturated rings. The summed E-state index contributed by atoms with van der Waals surface area (Å²) in [6, 6.07) is 7.31. The Morgan fingerprint density at radius 1 is 1.27 bits per heavy atom. The minimum Gasteiger partial charge on any atom is -0.488 e. The summed E-state index contributed by atoms with van der Waals surface area (Å²) in [6.45, 7) is 5.03. The van der Waals surface area contributed by atoms with Crippen molar-refractivity contribution >= 4 is 17.2 Å². The summed E-state index contributed by atoms with van der Waals surface area (Å²) in [5.74, 6) is 1.54. The summed E-state index contributed by atoms with van der Waals surface area (Å²) < 4.78 is 11.4. The predicted octanol–water partition coefficient (Wildman–Crippen LogP) is 2.49. The Morgan fingerprint density at radius 3 is 2.77 bits per heavy atom. The first-order valence-corrected chi connectivity index (χ1v) is 8.87. The largest absolute Gasteiger partial charge is 0.488 e. The van der Waals surface area contributed by atoms with Gasteiger partial charge in [-0.2, -0.15) is 0 Å². The lowest BCUT2D eigenvalue weighted by Crippen LogP contribution is -2.36. The second kappa shape index (κ2) is 6.57. The van der Waals surface area contributed by atoms with E-state index in [1.165, 1.54) is 6.33 Å². The lowest BCUT2D eigenvalue weighted by atomic mass is 10.0. The van der Waals surface area contributed by atoms with E-state index in [1.54, 1.807) is 6.07 Å². The van der Waals surface area contributed by atoms with E-state index in [-0.39, 0.29) is 12.7 Å². The fourth-order valence-electron chi connectivity index (χ4n) is 2.97. The van der Waals surface area contributed by atoms with E-state index in [9.17, 15) is 0 Å². The molecule has 26 heavy (non-hydrogen) atoms. The summed E-state index contributed by atoms with van der Waals surface area (Å²) >= 11 is 0. The van der Waals surface area contributed by atoms with Gasteiger partial charge in [0.2, 0.25) is 0 Å². The van der Waals surface area contributed by atoms with Gasteiger partial charge in [-0.1, -0.05) is 0 Å². The monoisotopic (exact) mass is 355 g/mol. The van der Waals surface area contributed by atoms with Crippen molar-refractivity contribution in [1.29, 1.82) is 5.41 Å². The minimum absolute atomic E-state index is 0. The maximum Gasteiger partial charge on any atom is 0.132 e. The van der Waals surface area contributed by atoms with Crippen molar-refractivity contribution in [3.63, 3.8) is 0 Å². The van der Waals surface area contributed by atoms with Gasteiger partial charge in [-0.05, 0) is 38.0 Å². The molecule has 0 amide bonds. The van der Waals surface area contributed by atoms with E-state index in [2.05, 4.69) is 21.8 Å². The topological polar surface area (TPSA) is 97.4 Å². The molecule has 2 aliphatic rings. The van der Waals surface area contributed by atoms with E-state index in [1.807, 2.05) is 18.2 Å². The van der Waals surface area contributed by atoms with Gasteiger partial charge in [0.05, 0.1) is 24.6 Å². The van der Waals surface area contributed by atoms with Crippen LogP contribution in [0.3, 0.4) is 0 Å². The summed E-state index contributed by atoms with van der Waals surface area (Å²) in [5.41, 5.74) is 8.02. The Hall–Kier alpha value is -2.67. The molecule has 0 bridgehead atoms. The van der Waals surface area contributed by atoms with E-state index >= 15 is 0 Å². The van der Waals surface area contributed by atoms with E-state index < -0.39 is 0 Å². The molecular weight excluding hydrogens is 330 g/mol. The van der Waals surface area contributed by atoms with Gasteiger partial charge in [-0.25, -0.2) is 9.97 Å². The van der Waals surface area contributed by atoms with Crippen LogP contribution in [0.4, 0.5) is 11.5 Å². The lowest BCUT2D eigenvalue weighted by molar-refractivity contribution is 0.122. The third-order valence-corrected chi connectivity index (χ3v) is 4.86. The second-order valence-corrected chi connectivity index (χ2v) is 7.04. The van der Waals surface area contributed by atoms with Gasteiger partial charge in [0.25, 0.3) is 0 Å². The van der Waals surface area contributed by atoms with Gasteiger partial charge >= 0.3 is 0 Å². The van der Waals surface area contributed by atoms with Crippen LogP contribution in [0.2, 0.25) is 0 Å². The summed E-state index contributed by atoms with van der Waals surface area (Å²) in [7, 11) is 0. The number of aromatic nitrogens is 2. The number of nitrogens with one attached hydrogen (secondary N) is 1. The first-order valence-electron chi connectivity index (χ1n) is 8.87. The molecule has 2 heterocycles. The van der Waals surface area contributed by atoms with Crippen molar-refractivity contribution < 1.29 is 10.9 Å². The number of rotatable bonds is 5. The fourth-order valence-corrected chi connectivity index (χ4v) is 2.97. The molecule has 1 saturated heterocycles. The lowest BCUT2D eigenvalue weighted by Gasteiger charge is -2.27. The Balaban J connectivity index is 0.00000210. The molecule has 138 valence electrons. The number of benzene rings is 1. The van der Waals surface area contributed by atoms with Crippen LogP contribution in [-0.4, -0.2) is 47.6 Å². The number of nitrogen functional groups attached to an aromatic ring is 1. The zero-order chi connectivity index (χ0) is 18.1. The number of nitrogens with two attached hydrogens (primary N) is 1. The van der Waals surface area contributed by atoms with Gasteiger partial charge in [0.1, 0.15) is 23.5 Å². The Bertz CT molecular complexity index is 835. The SMILES string of the molecule is CC1(Oc2ccc(N)c(C(=N)c3cc(N4CCOCC4)ncn3)c2)CC1.[HH]. The number of ether oxygens (including phenoxy) is 2. The third kappa shape index (κ3) is 3.48. The minimum atomic E-state index is -0.0754. The van der Waals surface area contributed by atoms with Crippen LogP contribution in [0.25, 0.3) is 0 Å².